The minimum Gasteiger partial charge on any atom is -0.540 e. The summed E-state index contributed by atoms with van der Waals surface area (Å²) in [6, 6.07) is 2.65. The number of phenols is 1. The standard InChI is InChI=1S/C12H18ClFO2Si/c1-12(2,3)17(4,5)16-11-8(13)6-7-9(15)10(11)14/h6-7,15H,1-5H3. The van der Waals surface area contributed by atoms with Gasteiger partial charge in [-0.15, -0.1) is 0 Å². The van der Waals surface area contributed by atoms with Gasteiger partial charge in [0, 0.05) is 0 Å². The Morgan fingerprint density at radius 3 is 2.29 bits per heavy atom. The lowest BCUT2D eigenvalue weighted by molar-refractivity contribution is 0.404. The summed E-state index contributed by atoms with van der Waals surface area (Å²) in [5.74, 6) is -1.27. The Morgan fingerprint density at radius 2 is 1.82 bits per heavy atom. The van der Waals surface area contributed by atoms with Crippen molar-refractivity contribution in [1.29, 1.82) is 0 Å². The highest BCUT2D eigenvalue weighted by Gasteiger charge is 2.40. The van der Waals surface area contributed by atoms with E-state index >= 15 is 0 Å². The van der Waals surface area contributed by atoms with Crippen molar-refractivity contribution in [2.45, 2.75) is 38.9 Å². The Kier molecular flexibility index (Phi) is 3.79. The molecule has 0 saturated carbocycles. The molecule has 0 amide bonds. The predicted octanol–water partition coefficient (Wildman–Crippen LogP) is 4.57. The van der Waals surface area contributed by atoms with Crippen LogP contribution in [0.2, 0.25) is 23.2 Å². The van der Waals surface area contributed by atoms with Crippen molar-refractivity contribution >= 4 is 19.9 Å². The van der Waals surface area contributed by atoms with Gasteiger partial charge in [0.1, 0.15) is 0 Å². The Morgan fingerprint density at radius 1 is 1.29 bits per heavy atom. The molecular formula is C12H18ClFO2Si. The number of phenolic OH excluding ortho intramolecular Hbond substituents is 1. The number of halogens is 2. The molecule has 1 rings (SSSR count). The minimum absolute atomic E-state index is 0.0433. The van der Waals surface area contributed by atoms with Crippen LogP contribution in [-0.2, 0) is 0 Å². The van der Waals surface area contributed by atoms with Crippen molar-refractivity contribution in [3.05, 3.63) is 23.0 Å². The number of aromatic hydroxyl groups is 1. The molecule has 0 aromatic heterocycles. The van der Waals surface area contributed by atoms with E-state index in [1.165, 1.54) is 12.1 Å². The van der Waals surface area contributed by atoms with Crippen molar-refractivity contribution in [3.63, 3.8) is 0 Å². The summed E-state index contributed by atoms with van der Waals surface area (Å²) < 4.78 is 19.5. The molecular weight excluding hydrogens is 259 g/mol. The molecule has 0 radical (unpaired) electrons. The van der Waals surface area contributed by atoms with Crippen molar-refractivity contribution in [1.82, 2.24) is 0 Å². The van der Waals surface area contributed by atoms with Gasteiger partial charge in [-0.2, -0.15) is 4.39 Å². The normalized spacial score (nSPS) is 12.6. The average Bonchev–Trinajstić information content (AvgIpc) is 2.17. The van der Waals surface area contributed by atoms with Gasteiger partial charge < -0.3 is 9.53 Å². The van der Waals surface area contributed by atoms with Crippen LogP contribution in [0.15, 0.2) is 12.1 Å². The fourth-order valence-electron chi connectivity index (χ4n) is 1.02. The van der Waals surface area contributed by atoms with Crippen molar-refractivity contribution in [2.75, 3.05) is 0 Å². The van der Waals surface area contributed by atoms with E-state index in [0.717, 1.165) is 0 Å². The van der Waals surface area contributed by atoms with Crippen LogP contribution in [0.1, 0.15) is 20.8 Å². The third-order valence-electron chi connectivity index (χ3n) is 3.19. The van der Waals surface area contributed by atoms with Crippen LogP contribution in [0.3, 0.4) is 0 Å². The van der Waals surface area contributed by atoms with Gasteiger partial charge in [-0.3, -0.25) is 0 Å². The van der Waals surface area contributed by atoms with E-state index in [1.807, 2.05) is 33.9 Å². The first-order valence-electron chi connectivity index (χ1n) is 5.42. The van der Waals surface area contributed by atoms with E-state index in [4.69, 9.17) is 16.0 Å². The van der Waals surface area contributed by atoms with Crippen LogP contribution in [0, 0.1) is 5.82 Å². The monoisotopic (exact) mass is 276 g/mol. The zero-order chi connectivity index (χ0) is 13.4. The lowest BCUT2D eigenvalue weighted by atomic mass is 10.2. The van der Waals surface area contributed by atoms with Crippen LogP contribution in [0.5, 0.6) is 11.5 Å². The van der Waals surface area contributed by atoms with E-state index in [2.05, 4.69) is 0 Å². The summed E-state index contributed by atoms with van der Waals surface area (Å²) in [5, 5.41) is 9.45. The molecule has 0 bridgehead atoms. The molecule has 0 spiro atoms. The minimum atomic E-state index is -2.17. The summed E-state index contributed by atoms with van der Waals surface area (Å²) >= 11 is 5.90. The highest BCUT2D eigenvalue weighted by molar-refractivity contribution is 6.74. The second-order valence-corrected chi connectivity index (χ2v) is 10.7. The molecule has 2 nitrogen and oxygen atoms in total. The molecule has 96 valence electrons. The Labute approximate surface area is 108 Å². The van der Waals surface area contributed by atoms with Gasteiger partial charge in [0.15, 0.2) is 11.5 Å². The molecule has 1 aromatic carbocycles. The molecule has 0 aliphatic heterocycles. The molecule has 0 aliphatic rings. The molecule has 1 N–H and O–H groups in total. The lowest BCUT2D eigenvalue weighted by Crippen LogP contribution is -2.44. The maximum absolute atomic E-state index is 13.7. The highest BCUT2D eigenvalue weighted by atomic mass is 35.5. The van der Waals surface area contributed by atoms with Crippen molar-refractivity contribution in [2.24, 2.45) is 0 Å². The number of hydrogen-bond acceptors (Lipinski definition) is 2. The summed E-state index contributed by atoms with van der Waals surface area (Å²) in [6.07, 6.45) is 0. The van der Waals surface area contributed by atoms with E-state index < -0.39 is 19.9 Å². The quantitative estimate of drug-likeness (QED) is 0.802. The van der Waals surface area contributed by atoms with Crippen molar-refractivity contribution < 1.29 is 13.9 Å². The van der Waals surface area contributed by atoms with E-state index in [0.29, 0.717) is 0 Å². The largest absolute Gasteiger partial charge is 0.540 e. The van der Waals surface area contributed by atoms with Crippen molar-refractivity contribution in [3.8, 4) is 11.5 Å². The van der Waals surface area contributed by atoms with Gasteiger partial charge in [0.25, 0.3) is 8.32 Å². The summed E-state index contributed by atoms with van der Waals surface area (Å²) in [7, 11) is -2.17. The topological polar surface area (TPSA) is 29.5 Å². The van der Waals surface area contributed by atoms with Crippen LogP contribution < -0.4 is 4.43 Å². The zero-order valence-electron chi connectivity index (χ0n) is 10.8. The molecule has 5 heteroatoms. The van der Waals surface area contributed by atoms with Crippen LogP contribution in [0.4, 0.5) is 4.39 Å². The second-order valence-electron chi connectivity index (χ2n) is 5.57. The lowest BCUT2D eigenvalue weighted by Gasteiger charge is -2.36. The Balaban J connectivity index is 3.16. The van der Waals surface area contributed by atoms with Gasteiger partial charge >= 0.3 is 0 Å². The first-order valence-corrected chi connectivity index (χ1v) is 8.71. The van der Waals surface area contributed by atoms with Crippen LogP contribution >= 0.6 is 11.6 Å². The highest BCUT2D eigenvalue weighted by Crippen LogP contribution is 2.41. The van der Waals surface area contributed by atoms with Gasteiger partial charge in [-0.25, -0.2) is 0 Å². The smallest absolute Gasteiger partial charge is 0.250 e. The van der Waals surface area contributed by atoms with Crippen LogP contribution in [0.25, 0.3) is 0 Å². The van der Waals surface area contributed by atoms with Gasteiger partial charge in [0.2, 0.25) is 5.82 Å². The third-order valence-corrected chi connectivity index (χ3v) is 7.82. The first kappa shape index (κ1) is 14.3. The molecule has 0 fully saturated rings. The number of rotatable bonds is 2. The Hall–Kier alpha value is -0.743. The molecule has 0 saturated heterocycles. The van der Waals surface area contributed by atoms with E-state index in [9.17, 15) is 9.50 Å². The van der Waals surface area contributed by atoms with Gasteiger partial charge in [0.05, 0.1) is 5.02 Å². The summed E-state index contributed by atoms with van der Waals surface area (Å²) in [4.78, 5) is 0. The summed E-state index contributed by atoms with van der Waals surface area (Å²) in [5.41, 5.74) is 0. The van der Waals surface area contributed by atoms with Crippen LogP contribution in [-0.4, -0.2) is 13.4 Å². The summed E-state index contributed by atoms with van der Waals surface area (Å²) in [6.45, 7) is 10.1. The predicted molar refractivity (Wildman–Crippen MR) is 70.9 cm³/mol. The van der Waals surface area contributed by atoms with Gasteiger partial charge in [-0.1, -0.05) is 32.4 Å². The number of hydrogen-bond donors (Lipinski definition) is 1. The Bertz CT molecular complexity index is 427. The molecule has 0 aliphatic carbocycles. The van der Waals surface area contributed by atoms with E-state index in [1.54, 1.807) is 0 Å². The maximum atomic E-state index is 13.7. The molecule has 1 aromatic rings. The third kappa shape index (κ3) is 2.93. The first-order chi connectivity index (χ1) is 7.56. The maximum Gasteiger partial charge on any atom is 0.250 e. The molecule has 0 heterocycles. The molecule has 17 heavy (non-hydrogen) atoms. The molecule has 0 atom stereocenters. The zero-order valence-corrected chi connectivity index (χ0v) is 12.5. The number of benzene rings is 1. The van der Waals surface area contributed by atoms with E-state index in [-0.39, 0.29) is 15.8 Å². The molecule has 0 unspecified atom stereocenters. The SMILES string of the molecule is CC(C)(C)[Si](C)(C)Oc1c(Cl)ccc(O)c1F. The fraction of sp³-hybridized carbons (Fsp3) is 0.500. The van der Waals surface area contributed by atoms with Gasteiger partial charge in [-0.05, 0) is 30.3 Å². The average molecular weight is 277 g/mol. The fourth-order valence-corrected chi connectivity index (χ4v) is 2.29. The second kappa shape index (κ2) is 4.50.